The molecule has 24 heavy (non-hydrogen) atoms. The molecule has 0 radical (unpaired) electrons. The highest BCUT2D eigenvalue weighted by Crippen LogP contribution is 2.39. The molecule has 3 heterocycles. The first kappa shape index (κ1) is 16.9. The molecule has 128 valence electrons. The van der Waals surface area contributed by atoms with E-state index in [4.69, 9.17) is 17.0 Å². The van der Waals surface area contributed by atoms with Gasteiger partial charge in [-0.3, -0.25) is 4.98 Å². The number of aryl methyl sites for hydroxylation is 1. The maximum Gasteiger partial charge on any atom is 0.169 e. The van der Waals surface area contributed by atoms with Gasteiger partial charge >= 0.3 is 0 Å². The molecule has 0 aromatic carbocycles. The summed E-state index contributed by atoms with van der Waals surface area (Å²) >= 11 is 5.51. The second-order valence-electron chi connectivity index (χ2n) is 6.21. The van der Waals surface area contributed by atoms with Gasteiger partial charge in [0.25, 0.3) is 0 Å². The van der Waals surface area contributed by atoms with Crippen molar-refractivity contribution in [3.8, 4) is 0 Å². The van der Waals surface area contributed by atoms with Crippen molar-refractivity contribution in [2.75, 3.05) is 20.8 Å². The van der Waals surface area contributed by atoms with Gasteiger partial charge in [-0.15, -0.1) is 0 Å². The number of thiocarbonyl (C=S) groups is 1. The molecule has 1 aliphatic rings. The zero-order valence-electron chi connectivity index (χ0n) is 14.6. The van der Waals surface area contributed by atoms with Crippen LogP contribution in [0, 0.1) is 13.8 Å². The first-order valence-corrected chi connectivity index (χ1v) is 8.55. The van der Waals surface area contributed by atoms with Gasteiger partial charge in [-0.1, -0.05) is 6.07 Å². The summed E-state index contributed by atoms with van der Waals surface area (Å²) in [6, 6.07) is 8.46. The molecule has 3 rings (SSSR count). The minimum Gasteiger partial charge on any atom is -0.383 e. The summed E-state index contributed by atoms with van der Waals surface area (Å²) in [5.74, 6) is 0. The first-order valence-electron chi connectivity index (χ1n) is 8.14. The Morgan fingerprint density at radius 2 is 2.12 bits per heavy atom. The lowest BCUT2D eigenvalue weighted by atomic mass is 9.97. The molecule has 1 aliphatic heterocycles. The van der Waals surface area contributed by atoms with Gasteiger partial charge in [-0.2, -0.15) is 0 Å². The molecular formula is C18H24N4OS. The van der Waals surface area contributed by atoms with Gasteiger partial charge in [0.05, 0.1) is 24.4 Å². The molecular weight excluding hydrogens is 320 g/mol. The zero-order chi connectivity index (χ0) is 17.3. The molecule has 0 aliphatic carbocycles. The topological polar surface area (TPSA) is 42.3 Å². The van der Waals surface area contributed by atoms with Gasteiger partial charge in [0.1, 0.15) is 0 Å². The SMILES string of the molecule is COCCn1c(C)cc([C@@H]2[C@H](c3ccccn3)NC(=S)N2C)c1C. The number of ether oxygens (including phenoxy) is 1. The van der Waals surface area contributed by atoms with Crippen LogP contribution in [-0.2, 0) is 11.3 Å². The maximum absolute atomic E-state index is 5.51. The summed E-state index contributed by atoms with van der Waals surface area (Å²) in [7, 11) is 3.78. The standard InChI is InChI=1S/C18H24N4OS/c1-12-11-14(13(2)22(12)9-10-23-4)17-16(20-18(24)21(17)3)15-7-5-6-8-19-15/h5-8,11,16-17H,9-10H2,1-4H3,(H,20,24)/t16-,17+/m0/s1. The van der Waals surface area contributed by atoms with E-state index < -0.39 is 0 Å². The molecule has 0 amide bonds. The zero-order valence-corrected chi connectivity index (χ0v) is 15.4. The molecule has 1 N–H and O–H groups in total. The van der Waals surface area contributed by atoms with Crippen LogP contribution in [0.25, 0.3) is 0 Å². The molecule has 2 aromatic rings. The van der Waals surface area contributed by atoms with E-state index in [0.29, 0.717) is 6.61 Å². The summed E-state index contributed by atoms with van der Waals surface area (Å²) in [5, 5.41) is 4.19. The summed E-state index contributed by atoms with van der Waals surface area (Å²) in [6.45, 7) is 5.87. The van der Waals surface area contributed by atoms with Crippen LogP contribution in [0.1, 0.15) is 34.7 Å². The molecule has 0 spiro atoms. The lowest BCUT2D eigenvalue weighted by Gasteiger charge is -2.24. The van der Waals surface area contributed by atoms with E-state index in [1.165, 1.54) is 17.0 Å². The first-order chi connectivity index (χ1) is 11.5. The number of nitrogens with one attached hydrogen (secondary N) is 1. The molecule has 1 fully saturated rings. The fourth-order valence-electron chi connectivity index (χ4n) is 3.50. The molecule has 2 aromatic heterocycles. The molecule has 5 nitrogen and oxygen atoms in total. The highest BCUT2D eigenvalue weighted by atomic mass is 32.1. The van der Waals surface area contributed by atoms with Gasteiger partial charge < -0.3 is 19.5 Å². The molecule has 0 unspecified atom stereocenters. The Labute approximate surface area is 148 Å². The van der Waals surface area contributed by atoms with Gasteiger partial charge in [-0.25, -0.2) is 0 Å². The highest BCUT2D eigenvalue weighted by molar-refractivity contribution is 7.80. The van der Waals surface area contributed by atoms with Crippen molar-refractivity contribution in [3.63, 3.8) is 0 Å². The van der Waals surface area contributed by atoms with Crippen LogP contribution >= 0.6 is 12.2 Å². The Morgan fingerprint density at radius 1 is 1.33 bits per heavy atom. The third kappa shape index (κ3) is 2.91. The van der Waals surface area contributed by atoms with E-state index in [-0.39, 0.29) is 12.1 Å². The lowest BCUT2D eigenvalue weighted by molar-refractivity contribution is 0.186. The predicted octanol–water partition coefficient (Wildman–Crippen LogP) is 2.75. The molecule has 0 saturated carbocycles. The third-order valence-corrected chi connectivity index (χ3v) is 5.20. The summed E-state index contributed by atoms with van der Waals surface area (Å²) < 4.78 is 7.55. The summed E-state index contributed by atoms with van der Waals surface area (Å²) in [5.41, 5.74) is 4.80. The Morgan fingerprint density at radius 3 is 2.79 bits per heavy atom. The lowest BCUT2D eigenvalue weighted by Crippen LogP contribution is -2.25. The number of methoxy groups -OCH3 is 1. The Bertz CT molecular complexity index is 728. The quantitative estimate of drug-likeness (QED) is 0.845. The van der Waals surface area contributed by atoms with E-state index in [2.05, 4.69) is 45.7 Å². The number of likely N-dealkylation sites (N-methyl/N-ethyl adjacent to an activating group) is 1. The smallest absolute Gasteiger partial charge is 0.169 e. The minimum atomic E-state index is 0.0556. The van der Waals surface area contributed by atoms with Crippen LogP contribution in [-0.4, -0.2) is 40.3 Å². The van der Waals surface area contributed by atoms with Crippen molar-refractivity contribution >= 4 is 17.3 Å². The van der Waals surface area contributed by atoms with Gasteiger partial charge in [0.2, 0.25) is 0 Å². The Balaban J connectivity index is 2.01. The largest absolute Gasteiger partial charge is 0.383 e. The van der Waals surface area contributed by atoms with Crippen LogP contribution in [0.15, 0.2) is 30.5 Å². The fraction of sp³-hybridized carbons (Fsp3) is 0.444. The minimum absolute atomic E-state index is 0.0556. The van der Waals surface area contributed by atoms with Crippen LogP contribution in [0.5, 0.6) is 0 Å². The predicted molar refractivity (Wildman–Crippen MR) is 99.0 cm³/mol. The van der Waals surface area contributed by atoms with Crippen molar-refractivity contribution in [2.45, 2.75) is 32.5 Å². The van der Waals surface area contributed by atoms with Gasteiger partial charge in [0, 0.05) is 38.3 Å². The van der Waals surface area contributed by atoms with E-state index in [0.717, 1.165) is 17.4 Å². The average molecular weight is 344 g/mol. The molecule has 1 saturated heterocycles. The average Bonchev–Trinajstić information content (AvgIpc) is 3.03. The van der Waals surface area contributed by atoms with Crippen molar-refractivity contribution in [3.05, 3.63) is 53.1 Å². The normalized spacial score (nSPS) is 20.5. The Hall–Kier alpha value is -1.92. The second kappa shape index (κ2) is 6.91. The van der Waals surface area contributed by atoms with Gasteiger partial charge in [-0.05, 0) is 49.8 Å². The van der Waals surface area contributed by atoms with Gasteiger partial charge in [0.15, 0.2) is 5.11 Å². The number of rotatable bonds is 5. The molecule has 2 atom stereocenters. The van der Waals surface area contributed by atoms with E-state index >= 15 is 0 Å². The van der Waals surface area contributed by atoms with Crippen LogP contribution in [0.2, 0.25) is 0 Å². The fourth-order valence-corrected chi connectivity index (χ4v) is 3.74. The van der Waals surface area contributed by atoms with Crippen LogP contribution in [0.3, 0.4) is 0 Å². The van der Waals surface area contributed by atoms with Crippen molar-refractivity contribution in [1.29, 1.82) is 0 Å². The maximum atomic E-state index is 5.51. The van der Waals surface area contributed by atoms with Crippen molar-refractivity contribution < 1.29 is 4.74 Å². The highest BCUT2D eigenvalue weighted by Gasteiger charge is 2.39. The van der Waals surface area contributed by atoms with Crippen molar-refractivity contribution in [1.82, 2.24) is 19.8 Å². The summed E-state index contributed by atoms with van der Waals surface area (Å²) in [6.07, 6.45) is 1.83. The van der Waals surface area contributed by atoms with Crippen LogP contribution in [0.4, 0.5) is 0 Å². The van der Waals surface area contributed by atoms with E-state index in [1.807, 2.05) is 25.4 Å². The van der Waals surface area contributed by atoms with Crippen LogP contribution < -0.4 is 5.32 Å². The Kier molecular flexibility index (Phi) is 4.87. The second-order valence-corrected chi connectivity index (χ2v) is 6.60. The number of aromatic nitrogens is 2. The van der Waals surface area contributed by atoms with E-state index in [1.54, 1.807) is 7.11 Å². The number of nitrogens with zero attached hydrogens (tertiary/aromatic N) is 3. The molecule has 6 heteroatoms. The number of hydrogen-bond acceptors (Lipinski definition) is 3. The number of pyridine rings is 1. The van der Waals surface area contributed by atoms with E-state index in [9.17, 15) is 0 Å². The monoisotopic (exact) mass is 344 g/mol. The number of hydrogen-bond donors (Lipinski definition) is 1. The molecule has 0 bridgehead atoms. The summed E-state index contributed by atoms with van der Waals surface area (Å²) in [4.78, 5) is 6.67. The van der Waals surface area contributed by atoms with Crippen molar-refractivity contribution in [2.24, 2.45) is 0 Å². The third-order valence-electron chi connectivity index (χ3n) is 4.79.